The van der Waals surface area contributed by atoms with Gasteiger partial charge in [-0.2, -0.15) is 0 Å². The fourth-order valence-corrected chi connectivity index (χ4v) is 3.65. The van der Waals surface area contributed by atoms with Gasteiger partial charge < -0.3 is 14.2 Å². The Morgan fingerprint density at radius 2 is 1.92 bits per heavy atom. The van der Waals surface area contributed by atoms with Gasteiger partial charge in [-0.05, 0) is 12.8 Å². The normalized spacial score (nSPS) is 21.0. The zero-order valence-corrected chi connectivity index (χ0v) is 14.4. The van der Waals surface area contributed by atoms with Gasteiger partial charge in [-0.25, -0.2) is 19.3 Å². The Balaban J connectivity index is 1.38. The van der Waals surface area contributed by atoms with E-state index >= 15 is 0 Å². The number of anilines is 1. The molecule has 0 radical (unpaired) electrons. The first kappa shape index (κ1) is 16.4. The number of hydrogen-bond acceptors (Lipinski definition) is 6. The molecule has 2 aliphatic rings. The van der Waals surface area contributed by atoms with Gasteiger partial charge in [-0.3, -0.25) is 4.90 Å². The first-order chi connectivity index (χ1) is 12.1. The number of hydrogen-bond donors (Lipinski definition) is 0. The molecule has 0 aromatic carbocycles. The van der Waals surface area contributed by atoms with Crippen molar-refractivity contribution in [3.63, 3.8) is 0 Å². The van der Waals surface area contributed by atoms with Crippen LogP contribution in [0.4, 0.5) is 10.3 Å². The third-order valence-corrected chi connectivity index (χ3v) is 5.19. The van der Waals surface area contributed by atoms with Crippen LogP contribution in [0.2, 0.25) is 0 Å². The van der Waals surface area contributed by atoms with Crippen molar-refractivity contribution < 1.29 is 9.13 Å². The number of halogens is 1. The monoisotopic (exact) mass is 346 g/mol. The second kappa shape index (κ2) is 6.68. The molecular formula is C17H23FN6O. The predicted octanol–water partition coefficient (Wildman–Crippen LogP) is 1.22. The highest BCUT2D eigenvalue weighted by Crippen LogP contribution is 2.31. The summed E-state index contributed by atoms with van der Waals surface area (Å²) in [5.41, 5.74) is -0.159. The maximum Gasteiger partial charge on any atom is 0.225 e. The van der Waals surface area contributed by atoms with E-state index in [-0.39, 0.29) is 5.60 Å². The van der Waals surface area contributed by atoms with Gasteiger partial charge in [-0.15, -0.1) is 0 Å². The topological polar surface area (TPSA) is 59.3 Å². The molecule has 0 amide bonds. The smallest absolute Gasteiger partial charge is 0.225 e. The zero-order chi connectivity index (χ0) is 17.3. The standard InChI is InChI=1S/C17H23FN6O/c1-22-7-4-19-15(22)12-23-5-2-17(3-6-23)13-24(8-9-25-17)16-20-10-14(18)11-21-16/h4,7,10-11H,2-3,5-6,8-9,12-13H2,1H3. The Bertz CT molecular complexity index is 710. The minimum atomic E-state index is -0.408. The summed E-state index contributed by atoms with van der Waals surface area (Å²) in [5.74, 6) is 1.26. The highest BCUT2D eigenvalue weighted by molar-refractivity contribution is 5.30. The van der Waals surface area contributed by atoms with Gasteiger partial charge in [0.2, 0.25) is 5.95 Å². The molecule has 2 aliphatic heterocycles. The minimum Gasteiger partial charge on any atom is -0.371 e. The van der Waals surface area contributed by atoms with Crippen molar-refractivity contribution in [2.24, 2.45) is 7.05 Å². The molecule has 1 spiro atoms. The van der Waals surface area contributed by atoms with Crippen LogP contribution in [0.3, 0.4) is 0 Å². The van der Waals surface area contributed by atoms with E-state index in [0.29, 0.717) is 12.6 Å². The number of ether oxygens (including phenoxy) is 1. The molecule has 2 fully saturated rings. The molecule has 0 unspecified atom stereocenters. The van der Waals surface area contributed by atoms with Crippen LogP contribution in [0.1, 0.15) is 18.7 Å². The van der Waals surface area contributed by atoms with Gasteiger partial charge in [0, 0.05) is 39.1 Å². The summed E-state index contributed by atoms with van der Waals surface area (Å²) in [4.78, 5) is 17.2. The molecule has 7 nitrogen and oxygen atoms in total. The van der Waals surface area contributed by atoms with Crippen molar-refractivity contribution in [2.45, 2.75) is 25.0 Å². The predicted molar refractivity (Wildman–Crippen MR) is 90.6 cm³/mol. The quantitative estimate of drug-likeness (QED) is 0.833. The molecule has 4 rings (SSSR count). The van der Waals surface area contributed by atoms with Crippen LogP contribution in [0, 0.1) is 5.82 Å². The summed E-state index contributed by atoms with van der Waals surface area (Å²) in [5, 5.41) is 0. The van der Waals surface area contributed by atoms with Crippen molar-refractivity contribution in [1.82, 2.24) is 24.4 Å². The fourth-order valence-electron chi connectivity index (χ4n) is 3.65. The van der Waals surface area contributed by atoms with Crippen LogP contribution in [-0.4, -0.2) is 62.8 Å². The average molecular weight is 346 g/mol. The lowest BCUT2D eigenvalue weighted by Gasteiger charge is -2.47. The highest BCUT2D eigenvalue weighted by Gasteiger charge is 2.40. The molecule has 0 aliphatic carbocycles. The number of likely N-dealkylation sites (tertiary alicyclic amines) is 1. The summed E-state index contributed by atoms with van der Waals surface area (Å²) in [6, 6.07) is 0. The van der Waals surface area contributed by atoms with Crippen LogP contribution >= 0.6 is 0 Å². The van der Waals surface area contributed by atoms with E-state index in [1.54, 1.807) is 0 Å². The third-order valence-electron chi connectivity index (χ3n) is 5.19. The van der Waals surface area contributed by atoms with Crippen LogP contribution in [0.25, 0.3) is 0 Å². The lowest BCUT2D eigenvalue weighted by Crippen LogP contribution is -2.57. The van der Waals surface area contributed by atoms with Crippen molar-refractivity contribution in [3.8, 4) is 0 Å². The number of piperidine rings is 1. The number of rotatable bonds is 3. The van der Waals surface area contributed by atoms with Crippen molar-refractivity contribution in [3.05, 3.63) is 36.4 Å². The first-order valence-corrected chi connectivity index (χ1v) is 8.69. The third kappa shape index (κ3) is 3.50. The highest BCUT2D eigenvalue weighted by atomic mass is 19.1. The molecule has 2 aromatic heterocycles. The molecule has 4 heterocycles. The summed E-state index contributed by atoms with van der Waals surface area (Å²) >= 11 is 0. The summed E-state index contributed by atoms with van der Waals surface area (Å²) < 4.78 is 21.3. The molecule has 0 saturated carbocycles. The van der Waals surface area contributed by atoms with Crippen molar-refractivity contribution >= 4 is 5.95 Å². The fraction of sp³-hybridized carbons (Fsp3) is 0.588. The number of nitrogens with zero attached hydrogens (tertiary/aromatic N) is 6. The number of morpholine rings is 1. The second-order valence-corrected chi connectivity index (χ2v) is 6.88. The van der Waals surface area contributed by atoms with Gasteiger partial charge >= 0.3 is 0 Å². The van der Waals surface area contributed by atoms with Gasteiger partial charge in [0.1, 0.15) is 5.82 Å². The Labute approximate surface area is 146 Å². The van der Waals surface area contributed by atoms with Crippen LogP contribution in [0.5, 0.6) is 0 Å². The second-order valence-electron chi connectivity index (χ2n) is 6.88. The molecule has 0 bridgehead atoms. The summed E-state index contributed by atoms with van der Waals surface area (Å²) in [6.07, 6.45) is 8.20. The molecule has 2 saturated heterocycles. The van der Waals surface area contributed by atoms with Crippen molar-refractivity contribution in [2.75, 3.05) is 37.7 Å². The van der Waals surface area contributed by atoms with Gasteiger partial charge in [0.05, 0.1) is 37.7 Å². The maximum atomic E-state index is 13.0. The van der Waals surface area contributed by atoms with E-state index in [1.165, 1.54) is 12.4 Å². The Morgan fingerprint density at radius 3 is 2.60 bits per heavy atom. The molecule has 134 valence electrons. The zero-order valence-electron chi connectivity index (χ0n) is 14.4. The molecule has 8 heteroatoms. The van der Waals surface area contributed by atoms with E-state index in [1.807, 2.05) is 19.4 Å². The minimum absolute atomic E-state index is 0.159. The lowest BCUT2D eigenvalue weighted by molar-refractivity contribution is -0.0927. The Morgan fingerprint density at radius 1 is 1.16 bits per heavy atom. The summed E-state index contributed by atoms with van der Waals surface area (Å²) in [7, 11) is 2.03. The molecule has 0 atom stereocenters. The van der Waals surface area contributed by atoms with E-state index in [2.05, 4.69) is 29.3 Å². The largest absolute Gasteiger partial charge is 0.371 e. The average Bonchev–Trinajstić information content (AvgIpc) is 3.03. The SMILES string of the molecule is Cn1ccnc1CN1CCC2(CC1)CN(c1ncc(F)cn1)CCO2. The molecular weight excluding hydrogens is 323 g/mol. The number of imidazole rings is 1. The van der Waals surface area contributed by atoms with Crippen LogP contribution in [0.15, 0.2) is 24.8 Å². The van der Waals surface area contributed by atoms with E-state index in [9.17, 15) is 4.39 Å². The summed E-state index contributed by atoms with van der Waals surface area (Å²) in [6.45, 7) is 4.97. The first-order valence-electron chi connectivity index (χ1n) is 8.69. The van der Waals surface area contributed by atoms with E-state index < -0.39 is 5.82 Å². The van der Waals surface area contributed by atoms with Crippen molar-refractivity contribution in [1.29, 1.82) is 0 Å². The van der Waals surface area contributed by atoms with Gasteiger partial charge in [0.15, 0.2) is 5.82 Å². The number of aromatic nitrogens is 4. The molecule has 2 aromatic rings. The Hall–Kier alpha value is -2.06. The van der Waals surface area contributed by atoms with Gasteiger partial charge in [-0.1, -0.05) is 0 Å². The van der Waals surface area contributed by atoms with E-state index in [0.717, 1.165) is 51.4 Å². The lowest BCUT2D eigenvalue weighted by atomic mass is 9.89. The molecule has 25 heavy (non-hydrogen) atoms. The maximum absolute atomic E-state index is 13.0. The van der Waals surface area contributed by atoms with Gasteiger partial charge in [0.25, 0.3) is 0 Å². The Kier molecular flexibility index (Phi) is 4.39. The number of aryl methyl sites for hydroxylation is 1. The van der Waals surface area contributed by atoms with E-state index in [4.69, 9.17) is 4.74 Å². The van der Waals surface area contributed by atoms with Crippen LogP contribution in [-0.2, 0) is 18.3 Å². The molecule has 0 N–H and O–H groups in total. The van der Waals surface area contributed by atoms with Crippen LogP contribution < -0.4 is 4.90 Å².